The van der Waals surface area contributed by atoms with E-state index in [9.17, 15) is 9.59 Å². The first kappa shape index (κ1) is 19.0. The number of pyridine rings is 1. The molecule has 2 amide bonds. The van der Waals surface area contributed by atoms with Crippen molar-refractivity contribution in [2.24, 2.45) is 0 Å². The molecule has 4 rings (SSSR count). The van der Waals surface area contributed by atoms with Gasteiger partial charge in [0.25, 0.3) is 11.8 Å². The zero-order valence-corrected chi connectivity index (χ0v) is 17.0. The van der Waals surface area contributed by atoms with Crippen LogP contribution in [0.4, 0.5) is 11.4 Å². The van der Waals surface area contributed by atoms with E-state index in [1.165, 1.54) is 11.3 Å². The Morgan fingerprint density at radius 2 is 1.76 bits per heavy atom. The molecule has 0 fully saturated rings. The van der Waals surface area contributed by atoms with Crippen LogP contribution in [0.2, 0.25) is 0 Å². The summed E-state index contributed by atoms with van der Waals surface area (Å²) in [4.78, 5) is 34.0. The highest BCUT2D eigenvalue weighted by molar-refractivity contribution is 7.17. The van der Waals surface area contributed by atoms with Gasteiger partial charge in [0.05, 0.1) is 17.6 Å². The number of hydrogen-bond acceptors (Lipinski definition) is 6. The number of aromatic nitrogens is 2. The summed E-state index contributed by atoms with van der Waals surface area (Å²) in [6.45, 7) is 1.83. The van der Waals surface area contributed by atoms with Crippen molar-refractivity contribution in [3.8, 4) is 10.6 Å². The third-order valence-corrected chi connectivity index (χ3v) is 5.98. The summed E-state index contributed by atoms with van der Waals surface area (Å²) in [6.07, 6.45) is 3.22. The molecule has 3 heterocycles. The van der Waals surface area contributed by atoms with Gasteiger partial charge in [0, 0.05) is 28.4 Å². The summed E-state index contributed by atoms with van der Waals surface area (Å²) in [5, 5.41) is 10.5. The van der Waals surface area contributed by atoms with Gasteiger partial charge in [0.1, 0.15) is 9.88 Å². The van der Waals surface area contributed by atoms with E-state index in [2.05, 4.69) is 20.6 Å². The second kappa shape index (κ2) is 8.34. The average molecular weight is 421 g/mol. The number of amides is 2. The van der Waals surface area contributed by atoms with Gasteiger partial charge >= 0.3 is 0 Å². The second-order valence-corrected chi connectivity index (χ2v) is 7.95. The number of carbonyl (C=O) groups is 2. The lowest BCUT2D eigenvalue weighted by atomic mass is 10.2. The van der Waals surface area contributed by atoms with E-state index in [0.29, 0.717) is 27.5 Å². The van der Waals surface area contributed by atoms with Crippen LogP contribution in [-0.4, -0.2) is 21.8 Å². The number of rotatable bonds is 5. The standard InChI is InChI=1S/C21H16N4O2S2/c1-13-18(29-21(23-13)15-8-10-28-12-15)20(27)24-16-6-4-14(5-7-16)19(26)25-17-3-2-9-22-11-17/h2-12H,1H3,(H,24,27)(H,25,26). The Morgan fingerprint density at radius 1 is 0.966 bits per heavy atom. The van der Waals surface area contributed by atoms with Gasteiger partial charge in [-0.15, -0.1) is 11.3 Å². The molecule has 144 valence electrons. The van der Waals surface area contributed by atoms with Gasteiger partial charge in [-0.05, 0) is 54.8 Å². The van der Waals surface area contributed by atoms with Crippen LogP contribution in [0.1, 0.15) is 25.7 Å². The Morgan fingerprint density at radius 3 is 2.45 bits per heavy atom. The highest BCUT2D eigenvalue weighted by atomic mass is 32.1. The maximum absolute atomic E-state index is 12.7. The molecule has 1 aromatic carbocycles. The van der Waals surface area contributed by atoms with E-state index in [4.69, 9.17) is 0 Å². The van der Waals surface area contributed by atoms with E-state index in [0.717, 1.165) is 10.6 Å². The maximum Gasteiger partial charge on any atom is 0.267 e. The van der Waals surface area contributed by atoms with Gasteiger partial charge in [-0.3, -0.25) is 14.6 Å². The Kier molecular flexibility index (Phi) is 5.46. The van der Waals surface area contributed by atoms with Crippen LogP contribution >= 0.6 is 22.7 Å². The number of benzene rings is 1. The molecule has 0 aliphatic rings. The molecule has 3 aromatic heterocycles. The third-order valence-electron chi connectivity index (χ3n) is 4.10. The number of anilines is 2. The molecule has 0 spiro atoms. The minimum Gasteiger partial charge on any atom is -0.321 e. The van der Waals surface area contributed by atoms with E-state index in [1.807, 2.05) is 23.8 Å². The molecule has 4 aromatic rings. The molecule has 2 N–H and O–H groups in total. The van der Waals surface area contributed by atoms with Crippen molar-refractivity contribution in [3.05, 3.63) is 81.8 Å². The molecular formula is C21H16N4O2S2. The number of thiazole rings is 1. The van der Waals surface area contributed by atoms with Crippen LogP contribution < -0.4 is 10.6 Å². The highest BCUT2D eigenvalue weighted by Gasteiger charge is 2.17. The van der Waals surface area contributed by atoms with E-state index in [-0.39, 0.29) is 11.8 Å². The SMILES string of the molecule is Cc1nc(-c2ccsc2)sc1C(=O)Nc1ccc(C(=O)Nc2cccnc2)cc1. The van der Waals surface area contributed by atoms with Crippen LogP contribution in [0.15, 0.2) is 65.6 Å². The number of nitrogens with zero attached hydrogens (tertiary/aromatic N) is 2. The Hall–Kier alpha value is -3.36. The molecule has 0 saturated carbocycles. The molecule has 0 atom stereocenters. The second-order valence-electron chi connectivity index (χ2n) is 6.17. The summed E-state index contributed by atoms with van der Waals surface area (Å²) in [6, 6.07) is 12.2. The van der Waals surface area contributed by atoms with Crippen molar-refractivity contribution in [1.82, 2.24) is 9.97 Å². The summed E-state index contributed by atoms with van der Waals surface area (Å²) < 4.78 is 0. The quantitative estimate of drug-likeness (QED) is 0.472. The normalized spacial score (nSPS) is 10.5. The summed E-state index contributed by atoms with van der Waals surface area (Å²) in [7, 11) is 0. The predicted molar refractivity (Wildman–Crippen MR) is 117 cm³/mol. The van der Waals surface area contributed by atoms with Gasteiger partial charge in [0.2, 0.25) is 0 Å². The summed E-state index contributed by atoms with van der Waals surface area (Å²) in [5.74, 6) is -0.455. The highest BCUT2D eigenvalue weighted by Crippen LogP contribution is 2.30. The average Bonchev–Trinajstić information content (AvgIpc) is 3.39. The van der Waals surface area contributed by atoms with Gasteiger partial charge in [-0.2, -0.15) is 11.3 Å². The summed E-state index contributed by atoms with van der Waals surface area (Å²) in [5.41, 5.74) is 3.43. The number of thiophene rings is 1. The van der Waals surface area contributed by atoms with Crippen molar-refractivity contribution in [2.75, 3.05) is 10.6 Å². The topological polar surface area (TPSA) is 84.0 Å². The molecule has 0 aliphatic carbocycles. The summed E-state index contributed by atoms with van der Waals surface area (Å²) >= 11 is 2.96. The van der Waals surface area contributed by atoms with Crippen LogP contribution in [0.25, 0.3) is 10.6 Å². The maximum atomic E-state index is 12.7. The molecule has 6 nitrogen and oxygen atoms in total. The minimum absolute atomic E-state index is 0.214. The lowest BCUT2D eigenvalue weighted by Gasteiger charge is -2.07. The van der Waals surface area contributed by atoms with Crippen LogP contribution in [0.5, 0.6) is 0 Å². The molecule has 0 bridgehead atoms. The molecule has 0 radical (unpaired) electrons. The van der Waals surface area contributed by atoms with Gasteiger partial charge < -0.3 is 10.6 Å². The van der Waals surface area contributed by atoms with Crippen LogP contribution in [0, 0.1) is 6.92 Å². The van der Waals surface area contributed by atoms with Crippen molar-refractivity contribution in [2.45, 2.75) is 6.92 Å². The lowest BCUT2D eigenvalue weighted by Crippen LogP contribution is -2.13. The van der Waals surface area contributed by atoms with Crippen molar-refractivity contribution in [1.29, 1.82) is 0 Å². The molecule has 0 aliphatic heterocycles. The van der Waals surface area contributed by atoms with Crippen molar-refractivity contribution < 1.29 is 9.59 Å². The third kappa shape index (κ3) is 4.39. The van der Waals surface area contributed by atoms with E-state index in [1.54, 1.807) is 60.1 Å². The number of carbonyl (C=O) groups excluding carboxylic acids is 2. The van der Waals surface area contributed by atoms with Crippen molar-refractivity contribution in [3.63, 3.8) is 0 Å². The fourth-order valence-electron chi connectivity index (χ4n) is 2.65. The van der Waals surface area contributed by atoms with E-state index >= 15 is 0 Å². The molecule has 0 saturated heterocycles. The number of aryl methyl sites for hydroxylation is 1. The fourth-order valence-corrected chi connectivity index (χ4v) is 4.32. The van der Waals surface area contributed by atoms with Gasteiger partial charge in [-0.1, -0.05) is 0 Å². The van der Waals surface area contributed by atoms with Crippen LogP contribution in [-0.2, 0) is 0 Å². The number of hydrogen-bond donors (Lipinski definition) is 2. The predicted octanol–water partition coefficient (Wildman–Crippen LogP) is 5.08. The van der Waals surface area contributed by atoms with Crippen LogP contribution in [0.3, 0.4) is 0 Å². The Bertz CT molecular complexity index is 1140. The first-order valence-corrected chi connectivity index (χ1v) is 10.5. The first-order chi connectivity index (χ1) is 14.1. The Labute approximate surface area is 175 Å². The largest absolute Gasteiger partial charge is 0.321 e. The molecule has 29 heavy (non-hydrogen) atoms. The lowest BCUT2D eigenvalue weighted by molar-refractivity contribution is 0.102. The van der Waals surface area contributed by atoms with E-state index < -0.39 is 0 Å². The first-order valence-electron chi connectivity index (χ1n) is 8.73. The number of nitrogens with one attached hydrogen (secondary N) is 2. The zero-order valence-electron chi connectivity index (χ0n) is 15.4. The van der Waals surface area contributed by atoms with Crippen molar-refractivity contribution >= 4 is 45.9 Å². The molecule has 8 heteroatoms. The van der Waals surface area contributed by atoms with Gasteiger partial charge in [0.15, 0.2) is 0 Å². The minimum atomic E-state index is -0.241. The fraction of sp³-hybridized carbons (Fsp3) is 0.0476. The molecule has 0 unspecified atom stereocenters. The molecular weight excluding hydrogens is 404 g/mol. The smallest absolute Gasteiger partial charge is 0.267 e. The Balaban J connectivity index is 1.43. The van der Waals surface area contributed by atoms with Gasteiger partial charge in [-0.25, -0.2) is 4.98 Å². The zero-order chi connectivity index (χ0) is 20.2. The monoisotopic (exact) mass is 420 g/mol.